The van der Waals surface area contributed by atoms with Crippen LogP contribution in [-0.4, -0.2) is 25.4 Å². The zero-order valence-corrected chi connectivity index (χ0v) is 13.4. The van der Waals surface area contributed by atoms with Gasteiger partial charge in [0.25, 0.3) is 0 Å². The Hall–Kier alpha value is -3.29. The van der Waals surface area contributed by atoms with Crippen LogP contribution in [0.3, 0.4) is 0 Å². The number of hydrogen-bond acceptors (Lipinski definition) is 2. The van der Waals surface area contributed by atoms with Gasteiger partial charge in [-0.3, -0.25) is 9.25 Å². The van der Waals surface area contributed by atoms with Crippen molar-refractivity contribution in [1.29, 1.82) is 0 Å². The highest BCUT2D eigenvalue weighted by molar-refractivity contribution is 6.09. The minimum Gasteiger partial charge on any atom is -0.478 e. The van der Waals surface area contributed by atoms with Crippen molar-refractivity contribution in [2.45, 2.75) is 6.18 Å². The lowest BCUT2D eigenvalue weighted by molar-refractivity contribution is -0.137. The van der Waals surface area contributed by atoms with Crippen molar-refractivity contribution in [2.75, 3.05) is 0 Å². The lowest BCUT2D eigenvalue weighted by Gasteiger charge is -2.10. The first-order valence-electron chi connectivity index (χ1n) is 7.64. The second kappa shape index (κ2) is 5.35. The second-order valence-electron chi connectivity index (χ2n) is 5.96. The maximum Gasteiger partial charge on any atom is 0.416 e. The van der Waals surface area contributed by atoms with Crippen LogP contribution in [0.15, 0.2) is 48.7 Å². The molecule has 2 heterocycles. The predicted molar refractivity (Wildman–Crippen MR) is 89.5 cm³/mol. The molecule has 5 nitrogen and oxygen atoms in total. The van der Waals surface area contributed by atoms with Crippen LogP contribution in [0.1, 0.15) is 15.9 Å². The number of carboxylic acids is 1. The quantitative estimate of drug-likeness (QED) is 0.583. The zero-order valence-electron chi connectivity index (χ0n) is 13.4. The maximum absolute atomic E-state index is 12.8. The number of aromatic carboxylic acids is 1. The summed E-state index contributed by atoms with van der Waals surface area (Å²) in [4.78, 5) is 11.3. The van der Waals surface area contributed by atoms with E-state index in [4.69, 9.17) is 0 Å². The first-order valence-corrected chi connectivity index (χ1v) is 7.64. The molecule has 0 saturated heterocycles. The number of aryl methyl sites for hydroxylation is 1. The average Bonchev–Trinajstić information content (AvgIpc) is 3.08. The van der Waals surface area contributed by atoms with Gasteiger partial charge < -0.3 is 5.11 Å². The molecule has 2 aromatic carbocycles. The molecule has 0 aliphatic carbocycles. The Morgan fingerprint density at radius 2 is 1.77 bits per heavy atom. The molecule has 1 N–H and O–H groups in total. The summed E-state index contributed by atoms with van der Waals surface area (Å²) in [6.45, 7) is 0. The van der Waals surface area contributed by atoms with Gasteiger partial charge in [-0.05, 0) is 42.5 Å². The van der Waals surface area contributed by atoms with Crippen LogP contribution in [0.5, 0.6) is 0 Å². The van der Waals surface area contributed by atoms with Crippen LogP contribution in [0.25, 0.3) is 27.6 Å². The first kappa shape index (κ1) is 16.2. The Bertz CT molecular complexity index is 1150. The fourth-order valence-electron chi connectivity index (χ4n) is 3.09. The van der Waals surface area contributed by atoms with E-state index in [0.717, 1.165) is 17.5 Å². The topological polar surface area (TPSA) is 60.1 Å². The third kappa shape index (κ3) is 2.42. The molecule has 8 heteroatoms. The van der Waals surface area contributed by atoms with E-state index in [1.807, 2.05) is 0 Å². The number of carboxylic acid groups (broad SMARTS) is 1. The van der Waals surface area contributed by atoms with Gasteiger partial charge in [0.1, 0.15) is 0 Å². The zero-order chi connectivity index (χ0) is 18.6. The average molecular weight is 359 g/mol. The van der Waals surface area contributed by atoms with E-state index in [2.05, 4.69) is 5.10 Å². The van der Waals surface area contributed by atoms with Crippen molar-refractivity contribution in [3.63, 3.8) is 0 Å². The number of halogens is 3. The highest BCUT2D eigenvalue weighted by atomic mass is 19.4. The van der Waals surface area contributed by atoms with Crippen LogP contribution in [-0.2, 0) is 13.2 Å². The molecule has 0 fully saturated rings. The number of rotatable bonds is 2. The summed E-state index contributed by atoms with van der Waals surface area (Å²) in [5, 5.41) is 15.0. The summed E-state index contributed by atoms with van der Waals surface area (Å²) in [5.74, 6) is -1.05. The summed E-state index contributed by atoms with van der Waals surface area (Å²) in [6.07, 6.45) is -2.65. The lowest BCUT2D eigenvalue weighted by atomic mass is 10.1. The minimum atomic E-state index is -4.41. The molecule has 26 heavy (non-hydrogen) atoms. The number of alkyl halides is 3. The van der Waals surface area contributed by atoms with Crippen molar-refractivity contribution >= 4 is 27.9 Å². The van der Waals surface area contributed by atoms with Gasteiger partial charge in [0.05, 0.1) is 16.6 Å². The highest BCUT2D eigenvalue weighted by Gasteiger charge is 2.30. The van der Waals surface area contributed by atoms with E-state index >= 15 is 0 Å². The molecule has 0 radical (unpaired) electrons. The third-order valence-electron chi connectivity index (χ3n) is 4.25. The normalized spacial score (nSPS) is 12.2. The van der Waals surface area contributed by atoms with E-state index in [-0.39, 0.29) is 5.56 Å². The number of carbonyl (C=O) groups is 1. The van der Waals surface area contributed by atoms with Crippen LogP contribution in [0, 0.1) is 0 Å². The van der Waals surface area contributed by atoms with Gasteiger partial charge in [-0.25, -0.2) is 4.79 Å². The smallest absolute Gasteiger partial charge is 0.416 e. The molecule has 2 aromatic heterocycles. The molecule has 0 unspecified atom stereocenters. The largest absolute Gasteiger partial charge is 0.478 e. The summed E-state index contributed by atoms with van der Waals surface area (Å²) < 4.78 is 41.7. The molecule has 0 spiro atoms. The van der Waals surface area contributed by atoms with Crippen molar-refractivity contribution in [3.8, 4) is 5.69 Å². The molecular formula is C18H12F3N3O2. The molecule has 0 aliphatic rings. The Morgan fingerprint density at radius 1 is 1.08 bits per heavy atom. The number of nitrogens with zero attached hydrogens (tertiary/aromatic N) is 3. The van der Waals surface area contributed by atoms with Gasteiger partial charge in [0.15, 0.2) is 5.65 Å². The number of benzene rings is 2. The van der Waals surface area contributed by atoms with Crippen molar-refractivity contribution in [2.24, 2.45) is 7.05 Å². The molecule has 4 aromatic rings. The summed E-state index contributed by atoms with van der Waals surface area (Å²) in [5.41, 5.74) is 1.13. The van der Waals surface area contributed by atoms with E-state index in [0.29, 0.717) is 22.2 Å². The maximum atomic E-state index is 12.8. The lowest BCUT2D eigenvalue weighted by Crippen LogP contribution is -2.05. The van der Waals surface area contributed by atoms with Crippen molar-refractivity contribution in [1.82, 2.24) is 14.3 Å². The summed E-state index contributed by atoms with van der Waals surface area (Å²) >= 11 is 0. The molecular weight excluding hydrogens is 347 g/mol. The molecule has 0 saturated carbocycles. The second-order valence-corrected chi connectivity index (χ2v) is 5.96. The fourth-order valence-corrected chi connectivity index (χ4v) is 3.09. The van der Waals surface area contributed by atoms with Crippen LogP contribution >= 0.6 is 0 Å². The Kier molecular flexibility index (Phi) is 3.33. The molecule has 132 valence electrons. The molecule has 0 amide bonds. The number of aromatic nitrogens is 3. The van der Waals surface area contributed by atoms with Crippen molar-refractivity contribution in [3.05, 3.63) is 59.8 Å². The first-order chi connectivity index (χ1) is 12.3. The van der Waals surface area contributed by atoms with E-state index in [1.54, 1.807) is 34.6 Å². The van der Waals surface area contributed by atoms with Gasteiger partial charge in [0, 0.05) is 29.7 Å². The summed E-state index contributed by atoms with van der Waals surface area (Å²) in [7, 11) is 1.73. The Labute approximate surface area is 144 Å². The monoisotopic (exact) mass is 359 g/mol. The SMILES string of the molecule is Cn1cc2c3cc(C(=O)O)ccc3n(-c3ccc(C(F)(F)F)cc3)c2n1. The van der Waals surface area contributed by atoms with Gasteiger partial charge in [-0.1, -0.05) is 0 Å². The predicted octanol–water partition coefficient (Wildman–Crippen LogP) is 4.23. The Morgan fingerprint density at radius 3 is 2.38 bits per heavy atom. The third-order valence-corrected chi connectivity index (χ3v) is 4.25. The highest BCUT2D eigenvalue weighted by Crippen LogP contribution is 2.34. The van der Waals surface area contributed by atoms with Gasteiger partial charge >= 0.3 is 12.1 Å². The van der Waals surface area contributed by atoms with E-state index in [9.17, 15) is 23.1 Å². The van der Waals surface area contributed by atoms with Gasteiger partial charge in [-0.2, -0.15) is 18.3 Å². The molecule has 0 aliphatic heterocycles. The van der Waals surface area contributed by atoms with Gasteiger partial charge in [-0.15, -0.1) is 0 Å². The summed E-state index contributed by atoms with van der Waals surface area (Å²) in [6, 6.07) is 9.43. The standard InChI is InChI=1S/C18H12F3N3O2/c1-23-9-14-13-8-10(17(25)26)2-7-15(13)24(16(14)22-23)12-5-3-11(4-6-12)18(19,20)21/h2-9H,1H3,(H,25,26). The van der Waals surface area contributed by atoms with Gasteiger partial charge in [0.2, 0.25) is 0 Å². The van der Waals surface area contributed by atoms with Crippen LogP contribution < -0.4 is 0 Å². The van der Waals surface area contributed by atoms with Crippen LogP contribution in [0.2, 0.25) is 0 Å². The molecule has 0 atom stereocenters. The fraction of sp³-hybridized carbons (Fsp3) is 0.111. The van der Waals surface area contributed by atoms with E-state index in [1.165, 1.54) is 18.2 Å². The number of hydrogen-bond donors (Lipinski definition) is 1. The van der Waals surface area contributed by atoms with Crippen molar-refractivity contribution < 1.29 is 23.1 Å². The number of fused-ring (bicyclic) bond motifs is 3. The van der Waals surface area contributed by atoms with E-state index < -0.39 is 17.7 Å². The minimum absolute atomic E-state index is 0.132. The molecule has 0 bridgehead atoms. The Balaban J connectivity index is 2.00. The molecule has 4 rings (SSSR count). The van der Waals surface area contributed by atoms with Crippen LogP contribution in [0.4, 0.5) is 13.2 Å².